The maximum atomic E-state index is 10.0. The van der Waals surface area contributed by atoms with Crippen LogP contribution in [0.25, 0.3) is 0 Å². The van der Waals surface area contributed by atoms with Crippen molar-refractivity contribution in [2.45, 2.75) is 46.8 Å². The average molecular weight is 391 g/mol. The monoisotopic (exact) mass is 391 g/mol. The molecule has 28 heavy (non-hydrogen) atoms. The highest BCUT2D eigenvalue weighted by Crippen LogP contribution is 2.19. The largest absolute Gasteiger partial charge is 0.388 e. The van der Waals surface area contributed by atoms with Gasteiger partial charge in [0.05, 0.1) is 6.42 Å². The van der Waals surface area contributed by atoms with E-state index in [1.54, 1.807) is 0 Å². The molecule has 0 aromatic carbocycles. The molecule has 2 aliphatic rings. The maximum Gasteiger partial charge on any atom is 0.239 e. The van der Waals surface area contributed by atoms with Gasteiger partial charge in [-0.05, 0) is 39.3 Å². The highest BCUT2D eigenvalue weighted by molar-refractivity contribution is 6.15. The molecule has 11 nitrogen and oxygen atoms in total. The van der Waals surface area contributed by atoms with Gasteiger partial charge in [-0.2, -0.15) is 4.98 Å². The van der Waals surface area contributed by atoms with E-state index in [2.05, 4.69) is 30.2 Å². The lowest BCUT2D eigenvalue weighted by molar-refractivity contribution is -0.124. The van der Waals surface area contributed by atoms with Crippen LogP contribution in [0.5, 0.6) is 0 Å². The number of nitrogens with two attached hydrogens (primary N) is 1. The molecule has 0 saturated carbocycles. The number of nitrogens with zero attached hydrogens (tertiary/aromatic N) is 5. The molecule has 0 bridgehead atoms. The quantitative estimate of drug-likeness (QED) is 0.522. The van der Waals surface area contributed by atoms with E-state index in [0.29, 0.717) is 17.5 Å². The van der Waals surface area contributed by atoms with Gasteiger partial charge in [-0.3, -0.25) is 19.7 Å². The number of anilines is 1. The van der Waals surface area contributed by atoms with Crippen molar-refractivity contribution < 1.29 is 19.8 Å². The van der Waals surface area contributed by atoms with Gasteiger partial charge < -0.3 is 15.9 Å². The van der Waals surface area contributed by atoms with Crippen molar-refractivity contribution in [3.05, 3.63) is 17.5 Å². The van der Waals surface area contributed by atoms with E-state index in [0.717, 1.165) is 11.3 Å². The number of amidine groups is 2. The van der Waals surface area contributed by atoms with Gasteiger partial charge in [-0.25, -0.2) is 9.98 Å². The summed E-state index contributed by atoms with van der Waals surface area (Å²) in [5, 5.41) is 23.1. The van der Waals surface area contributed by atoms with E-state index in [4.69, 9.17) is 15.9 Å². The molecule has 0 fully saturated rings. The number of allylic oxidation sites excluding steroid dienone is 1. The first kappa shape index (κ1) is 23.0. The number of fused-ring (bicyclic) bond motifs is 1. The van der Waals surface area contributed by atoms with Crippen LogP contribution in [0.1, 0.15) is 39.9 Å². The molecule has 1 aromatic heterocycles. The lowest BCUT2D eigenvalue weighted by atomic mass is 10.0. The van der Waals surface area contributed by atoms with Gasteiger partial charge in [0.15, 0.2) is 17.5 Å². The summed E-state index contributed by atoms with van der Waals surface area (Å²) < 4.78 is 0. The molecule has 3 heterocycles. The molecule has 152 valence electrons. The molecular formula is C17H25N7O4. The van der Waals surface area contributed by atoms with Crippen molar-refractivity contribution in [3.8, 4) is 0 Å². The molecular weight excluding hydrogens is 366 g/mol. The molecule has 1 unspecified atom stereocenters. The fourth-order valence-electron chi connectivity index (χ4n) is 2.25. The standard InChI is InChI=1S/C9H11N3O.C5H8O2.C3H6N4O/c1-5-3-6(2)10-9-8(5)11-7(4-13)12-9;1-4(6)3-5(2)7;4-3-5-2(1-8)6-7-3/h3,8,13H,4H2,1-2H3;3H2,1-2H3;8H,1H2,(H3,4,5,6,7). The maximum absolute atomic E-state index is 10.0. The Balaban J connectivity index is 0.000000227. The number of nitrogens with one attached hydrogen (secondary N) is 1. The Morgan fingerprint density at radius 1 is 1.14 bits per heavy atom. The smallest absolute Gasteiger partial charge is 0.239 e. The van der Waals surface area contributed by atoms with Crippen molar-refractivity contribution in [2.75, 3.05) is 12.3 Å². The van der Waals surface area contributed by atoms with Crippen molar-refractivity contribution in [2.24, 2.45) is 15.0 Å². The van der Waals surface area contributed by atoms with Crippen molar-refractivity contribution in [1.29, 1.82) is 0 Å². The van der Waals surface area contributed by atoms with E-state index >= 15 is 0 Å². The number of aromatic nitrogens is 3. The van der Waals surface area contributed by atoms with E-state index in [-0.39, 0.29) is 43.2 Å². The SMILES string of the molecule is CC(=O)CC(C)=O.CC1=CC(C)=NC2=NC(CO)=NC12.Nc1n[nH]c(CO)n1. The van der Waals surface area contributed by atoms with Crippen LogP contribution in [-0.4, -0.2) is 67.0 Å². The predicted octanol–water partition coefficient (Wildman–Crippen LogP) is 0.0124. The second-order valence-electron chi connectivity index (χ2n) is 6.10. The number of aliphatic hydroxyl groups excluding tert-OH is 2. The summed E-state index contributed by atoms with van der Waals surface area (Å²) in [6.45, 7) is 6.48. The Bertz CT molecular complexity index is 824. The van der Waals surface area contributed by atoms with E-state index < -0.39 is 0 Å². The van der Waals surface area contributed by atoms with Crippen molar-refractivity contribution in [3.63, 3.8) is 0 Å². The Morgan fingerprint density at radius 3 is 2.18 bits per heavy atom. The van der Waals surface area contributed by atoms with Crippen LogP contribution in [0.15, 0.2) is 26.6 Å². The average Bonchev–Trinajstić information content (AvgIpc) is 3.20. The lowest BCUT2D eigenvalue weighted by Gasteiger charge is -2.13. The number of nitrogen functional groups attached to an aromatic ring is 1. The predicted molar refractivity (Wildman–Crippen MR) is 105 cm³/mol. The summed E-state index contributed by atoms with van der Waals surface area (Å²) in [4.78, 5) is 36.3. The number of aliphatic imine (C=N–C) groups is 3. The summed E-state index contributed by atoms with van der Waals surface area (Å²) in [5.41, 5.74) is 7.17. The summed E-state index contributed by atoms with van der Waals surface area (Å²) >= 11 is 0. The van der Waals surface area contributed by atoms with Gasteiger partial charge in [0.1, 0.15) is 30.8 Å². The van der Waals surface area contributed by atoms with Gasteiger partial charge in [0, 0.05) is 5.71 Å². The zero-order valence-corrected chi connectivity index (χ0v) is 16.3. The van der Waals surface area contributed by atoms with Crippen LogP contribution in [0.3, 0.4) is 0 Å². The summed E-state index contributed by atoms with van der Waals surface area (Å²) in [6.07, 6.45) is 2.08. The molecule has 11 heteroatoms. The Kier molecular flexibility index (Phi) is 8.99. The van der Waals surface area contributed by atoms with Gasteiger partial charge in [-0.1, -0.05) is 0 Å². The van der Waals surface area contributed by atoms with Crippen LogP contribution in [0.4, 0.5) is 5.95 Å². The molecule has 3 rings (SSSR count). The Labute approximate surface area is 162 Å². The molecule has 5 N–H and O–H groups in total. The number of carbonyl (C=O) groups is 2. The molecule has 0 spiro atoms. The number of H-pyrrole nitrogens is 1. The van der Waals surface area contributed by atoms with E-state index in [9.17, 15) is 9.59 Å². The lowest BCUT2D eigenvalue weighted by Crippen LogP contribution is -2.20. The van der Waals surface area contributed by atoms with Gasteiger partial charge in [-0.15, -0.1) is 5.10 Å². The Hall–Kier alpha value is -3.05. The van der Waals surface area contributed by atoms with Crippen LogP contribution >= 0.6 is 0 Å². The first-order chi connectivity index (χ1) is 13.2. The summed E-state index contributed by atoms with van der Waals surface area (Å²) in [5.74, 6) is 1.62. The third-order valence-corrected chi connectivity index (χ3v) is 3.26. The minimum Gasteiger partial charge on any atom is -0.388 e. The van der Waals surface area contributed by atoms with Gasteiger partial charge in [0.25, 0.3) is 0 Å². The summed E-state index contributed by atoms with van der Waals surface area (Å²) in [7, 11) is 0. The number of aliphatic hydroxyl groups is 2. The van der Waals surface area contributed by atoms with Crippen molar-refractivity contribution >= 4 is 34.9 Å². The topological polar surface area (TPSA) is 179 Å². The normalized spacial score (nSPS) is 16.9. The fourth-order valence-corrected chi connectivity index (χ4v) is 2.25. The van der Waals surface area contributed by atoms with Gasteiger partial charge >= 0.3 is 0 Å². The van der Waals surface area contributed by atoms with Crippen LogP contribution in [-0.2, 0) is 16.2 Å². The minimum absolute atomic E-state index is 0.0501. The van der Waals surface area contributed by atoms with Crippen molar-refractivity contribution in [1.82, 2.24) is 15.2 Å². The Morgan fingerprint density at radius 2 is 1.79 bits per heavy atom. The third-order valence-electron chi connectivity index (χ3n) is 3.26. The molecule has 1 aromatic rings. The molecule has 0 amide bonds. The van der Waals surface area contributed by atoms with E-state index in [1.165, 1.54) is 13.8 Å². The minimum atomic E-state index is -0.149. The number of hydrogen-bond acceptors (Lipinski definition) is 10. The van der Waals surface area contributed by atoms with Crippen LogP contribution in [0, 0.1) is 0 Å². The highest BCUT2D eigenvalue weighted by atomic mass is 16.3. The molecule has 0 radical (unpaired) electrons. The van der Waals surface area contributed by atoms with E-state index in [1.807, 2.05) is 19.9 Å². The molecule has 0 saturated heterocycles. The summed E-state index contributed by atoms with van der Waals surface area (Å²) in [6, 6.07) is -0.0501. The number of carbonyl (C=O) groups excluding carboxylic acids is 2. The van der Waals surface area contributed by atoms with Crippen LogP contribution in [0.2, 0.25) is 0 Å². The first-order valence-electron chi connectivity index (χ1n) is 8.42. The number of rotatable bonds is 4. The first-order valence-corrected chi connectivity index (χ1v) is 8.42. The number of Topliss-reactive ketones (excluding diaryl/α,β-unsaturated/α-hetero) is 2. The zero-order chi connectivity index (χ0) is 21.3. The molecule has 2 aliphatic heterocycles. The fraction of sp³-hybridized carbons (Fsp3) is 0.471. The zero-order valence-electron chi connectivity index (χ0n) is 16.3. The number of dihydropyridines is 1. The van der Waals surface area contributed by atoms with Gasteiger partial charge in [0.2, 0.25) is 5.95 Å². The third kappa shape index (κ3) is 7.68. The molecule has 0 aliphatic carbocycles. The number of aromatic amines is 1. The van der Waals surface area contributed by atoms with Crippen LogP contribution < -0.4 is 5.73 Å². The molecule has 1 atom stereocenters. The second kappa shape index (κ2) is 10.9. The highest BCUT2D eigenvalue weighted by Gasteiger charge is 2.26. The second-order valence-corrected chi connectivity index (χ2v) is 6.10. The number of hydrogen-bond donors (Lipinski definition) is 4. The number of ketones is 2.